The van der Waals surface area contributed by atoms with E-state index in [0.717, 1.165) is 12.8 Å². The molecule has 1 fully saturated rings. The van der Waals surface area contributed by atoms with Crippen LogP contribution in [0.25, 0.3) is 0 Å². The zero-order chi connectivity index (χ0) is 16.9. The number of unbranched alkanes of at least 4 members (excludes halogenated alkanes) is 6. The van der Waals surface area contributed by atoms with Crippen LogP contribution in [0.2, 0.25) is 0 Å². The standard InChI is InChI=1S/C18H34O5/c1-2-3-4-5-6-7-8-9-10-11-12-22-13-16(20)18-17(21)15(19)14-23-18/h9-10,15-21H,2-8,11-14H2,1H3/b10-9+/t15-,16+,17-,18-/m1/s1. The third-order valence-electron chi connectivity index (χ3n) is 4.18. The van der Waals surface area contributed by atoms with E-state index >= 15 is 0 Å². The van der Waals surface area contributed by atoms with Crippen LogP contribution in [0.15, 0.2) is 12.2 Å². The molecule has 0 amide bonds. The van der Waals surface area contributed by atoms with Crippen LogP contribution >= 0.6 is 0 Å². The molecule has 0 aromatic carbocycles. The van der Waals surface area contributed by atoms with Crippen molar-refractivity contribution in [3.8, 4) is 0 Å². The molecule has 23 heavy (non-hydrogen) atoms. The Morgan fingerprint density at radius 2 is 1.78 bits per heavy atom. The molecule has 5 heteroatoms. The number of hydrogen-bond donors (Lipinski definition) is 3. The Kier molecular flexibility index (Phi) is 11.5. The van der Waals surface area contributed by atoms with Crippen LogP contribution < -0.4 is 0 Å². The fourth-order valence-electron chi connectivity index (χ4n) is 2.69. The van der Waals surface area contributed by atoms with E-state index in [1.54, 1.807) is 0 Å². The fraction of sp³-hybridized carbons (Fsp3) is 0.889. The number of rotatable bonds is 13. The second kappa shape index (κ2) is 12.9. The first kappa shape index (κ1) is 20.6. The van der Waals surface area contributed by atoms with Gasteiger partial charge in [0.1, 0.15) is 24.4 Å². The molecular formula is C18H34O5. The maximum atomic E-state index is 9.86. The molecule has 1 aliphatic heterocycles. The second-order valence-electron chi connectivity index (χ2n) is 6.31. The fourth-order valence-corrected chi connectivity index (χ4v) is 2.69. The van der Waals surface area contributed by atoms with Gasteiger partial charge in [-0.3, -0.25) is 0 Å². The molecule has 3 N–H and O–H groups in total. The maximum Gasteiger partial charge on any atom is 0.114 e. The first-order valence-electron chi connectivity index (χ1n) is 9.05. The SMILES string of the molecule is CCCCCCCC/C=C/CCOC[C@H](O)[C@H]1OC[C@@H](O)[C@H]1O. The van der Waals surface area contributed by atoms with Crippen molar-refractivity contribution in [2.45, 2.75) is 82.7 Å². The molecule has 0 spiro atoms. The van der Waals surface area contributed by atoms with E-state index in [1.807, 2.05) is 0 Å². The van der Waals surface area contributed by atoms with Crippen molar-refractivity contribution in [3.05, 3.63) is 12.2 Å². The van der Waals surface area contributed by atoms with E-state index in [2.05, 4.69) is 19.1 Å². The average molecular weight is 330 g/mol. The quantitative estimate of drug-likeness (QED) is 0.356. The largest absolute Gasteiger partial charge is 0.388 e. The lowest BCUT2D eigenvalue weighted by Gasteiger charge is -2.20. The van der Waals surface area contributed by atoms with E-state index in [-0.39, 0.29) is 13.2 Å². The van der Waals surface area contributed by atoms with Gasteiger partial charge in [-0.15, -0.1) is 0 Å². The summed E-state index contributed by atoms with van der Waals surface area (Å²) in [4.78, 5) is 0. The van der Waals surface area contributed by atoms with Crippen LogP contribution in [-0.4, -0.2) is 59.6 Å². The molecule has 0 aromatic rings. The summed E-state index contributed by atoms with van der Waals surface area (Å²) < 4.78 is 10.5. The van der Waals surface area contributed by atoms with Gasteiger partial charge in [0, 0.05) is 0 Å². The highest BCUT2D eigenvalue weighted by Crippen LogP contribution is 2.17. The highest BCUT2D eigenvalue weighted by Gasteiger charge is 2.39. The van der Waals surface area contributed by atoms with Gasteiger partial charge in [-0.1, -0.05) is 51.2 Å². The Balaban J connectivity index is 1.92. The molecule has 5 nitrogen and oxygen atoms in total. The van der Waals surface area contributed by atoms with Crippen LogP contribution in [0.3, 0.4) is 0 Å². The Labute approximate surface area is 140 Å². The van der Waals surface area contributed by atoms with Crippen molar-refractivity contribution >= 4 is 0 Å². The van der Waals surface area contributed by atoms with Crippen molar-refractivity contribution in [1.82, 2.24) is 0 Å². The summed E-state index contributed by atoms with van der Waals surface area (Å²) in [5, 5.41) is 28.8. The predicted molar refractivity (Wildman–Crippen MR) is 90.3 cm³/mol. The highest BCUT2D eigenvalue weighted by molar-refractivity contribution is 4.88. The zero-order valence-corrected chi connectivity index (χ0v) is 14.4. The summed E-state index contributed by atoms with van der Waals surface area (Å²) in [6.45, 7) is 2.94. The number of aliphatic hydroxyl groups excluding tert-OH is 3. The van der Waals surface area contributed by atoms with Crippen LogP contribution in [0.1, 0.15) is 58.3 Å². The van der Waals surface area contributed by atoms with Crippen LogP contribution in [0, 0.1) is 0 Å². The van der Waals surface area contributed by atoms with E-state index in [0.29, 0.717) is 6.61 Å². The van der Waals surface area contributed by atoms with Crippen molar-refractivity contribution < 1.29 is 24.8 Å². The van der Waals surface area contributed by atoms with Gasteiger partial charge >= 0.3 is 0 Å². The lowest BCUT2D eigenvalue weighted by atomic mass is 10.1. The monoisotopic (exact) mass is 330 g/mol. The third kappa shape index (κ3) is 8.82. The number of aliphatic hydroxyl groups is 3. The molecule has 0 saturated carbocycles. The van der Waals surface area contributed by atoms with Crippen molar-refractivity contribution in [2.75, 3.05) is 19.8 Å². The average Bonchev–Trinajstić information content (AvgIpc) is 2.88. The normalized spacial score (nSPS) is 26.2. The van der Waals surface area contributed by atoms with Gasteiger partial charge in [0.15, 0.2) is 0 Å². The van der Waals surface area contributed by atoms with Gasteiger partial charge in [-0.05, 0) is 19.3 Å². The van der Waals surface area contributed by atoms with E-state index in [9.17, 15) is 15.3 Å². The smallest absolute Gasteiger partial charge is 0.114 e. The molecule has 1 rings (SSSR count). The Hall–Kier alpha value is -0.460. The summed E-state index contributed by atoms with van der Waals surface area (Å²) in [5.41, 5.74) is 0. The predicted octanol–water partition coefficient (Wildman–Crippen LogP) is 2.18. The number of allylic oxidation sites excluding steroid dienone is 1. The lowest BCUT2D eigenvalue weighted by Crippen LogP contribution is -2.40. The molecule has 0 bridgehead atoms. The van der Waals surface area contributed by atoms with E-state index in [1.165, 1.54) is 38.5 Å². The number of ether oxygens (including phenoxy) is 2. The minimum Gasteiger partial charge on any atom is -0.388 e. The number of hydrogen-bond acceptors (Lipinski definition) is 5. The van der Waals surface area contributed by atoms with Crippen molar-refractivity contribution in [1.29, 1.82) is 0 Å². The topological polar surface area (TPSA) is 79.2 Å². The molecule has 1 heterocycles. The van der Waals surface area contributed by atoms with E-state index in [4.69, 9.17) is 9.47 Å². The molecule has 0 aromatic heterocycles. The molecule has 136 valence electrons. The van der Waals surface area contributed by atoms with Gasteiger partial charge < -0.3 is 24.8 Å². The maximum absolute atomic E-state index is 9.86. The van der Waals surface area contributed by atoms with Gasteiger partial charge in [-0.25, -0.2) is 0 Å². The van der Waals surface area contributed by atoms with Crippen LogP contribution in [0.5, 0.6) is 0 Å². The lowest BCUT2D eigenvalue weighted by molar-refractivity contribution is -0.0806. The molecule has 1 saturated heterocycles. The van der Waals surface area contributed by atoms with Crippen molar-refractivity contribution in [3.63, 3.8) is 0 Å². The molecule has 4 atom stereocenters. The first-order valence-corrected chi connectivity index (χ1v) is 9.05. The van der Waals surface area contributed by atoms with Gasteiger partial charge in [0.2, 0.25) is 0 Å². The minimum atomic E-state index is -1.04. The highest BCUT2D eigenvalue weighted by atomic mass is 16.5. The Bertz CT molecular complexity index is 308. The van der Waals surface area contributed by atoms with Crippen LogP contribution in [0.4, 0.5) is 0 Å². The van der Waals surface area contributed by atoms with Gasteiger partial charge in [0.25, 0.3) is 0 Å². The molecule has 0 radical (unpaired) electrons. The van der Waals surface area contributed by atoms with Gasteiger partial charge in [0.05, 0.1) is 19.8 Å². The van der Waals surface area contributed by atoms with E-state index < -0.39 is 24.4 Å². The van der Waals surface area contributed by atoms with Gasteiger partial charge in [-0.2, -0.15) is 0 Å². The molecule has 0 unspecified atom stereocenters. The zero-order valence-electron chi connectivity index (χ0n) is 14.4. The summed E-state index contributed by atoms with van der Waals surface area (Å²) in [6, 6.07) is 0. The second-order valence-corrected chi connectivity index (χ2v) is 6.31. The molecule has 1 aliphatic rings. The Morgan fingerprint density at radius 3 is 2.48 bits per heavy atom. The van der Waals surface area contributed by atoms with Crippen LogP contribution in [-0.2, 0) is 9.47 Å². The molecular weight excluding hydrogens is 296 g/mol. The summed E-state index contributed by atoms with van der Waals surface area (Å²) in [5.74, 6) is 0. The first-order chi connectivity index (χ1) is 11.2. The third-order valence-corrected chi connectivity index (χ3v) is 4.18. The summed E-state index contributed by atoms with van der Waals surface area (Å²) in [7, 11) is 0. The summed E-state index contributed by atoms with van der Waals surface area (Å²) in [6.07, 6.45) is 10.5. The minimum absolute atomic E-state index is 0.0596. The summed E-state index contributed by atoms with van der Waals surface area (Å²) >= 11 is 0. The van der Waals surface area contributed by atoms with Crippen molar-refractivity contribution in [2.24, 2.45) is 0 Å². The molecule has 0 aliphatic carbocycles. The Morgan fingerprint density at radius 1 is 1.09 bits per heavy atom.